The van der Waals surface area contributed by atoms with Crippen LogP contribution in [-0.2, 0) is 0 Å². The molecule has 0 unspecified atom stereocenters. The molecule has 0 spiro atoms. The van der Waals surface area contributed by atoms with E-state index in [1.54, 1.807) is 6.92 Å². The van der Waals surface area contributed by atoms with E-state index in [9.17, 15) is 0 Å². The van der Waals surface area contributed by atoms with Gasteiger partial charge < -0.3 is 0 Å². The average Bonchev–Trinajstić information content (AvgIpc) is 2.26. The number of pyridine rings is 1. The third kappa shape index (κ3) is 1.72. The van der Waals surface area contributed by atoms with Gasteiger partial charge in [-0.2, -0.15) is 5.26 Å². The highest BCUT2D eigenvalue weighted by Gasteiger charge is 2.08. The van der Waals surface area contributed by atoms with Gasteiger partial charge in [0.1, 0.15) is 11.9 Å². The Balaban J connectivity index is 2.75. The van der Waals surface area contributed by atoms with Crippen molar-refractivity contribution in [2.75, 3.05) is 0 Å². The van der Waals surface area contributed by atoms with E-state index in [2.05, 4.69) is 34.9 Å². The normalized spacial score (nSPS) is 10.7. The minimum atomic E-state index is 0.352. The van der Waals surface area contributed by atoms with Crippen molar-refractivity contribution in [3.63, 3.8) is 0 Å². The van der Waals surface area contributed by atoms with Gasteiger partial charge in [0.25, 0.3) is 0 Å². The Morgan fingerprint density at radius 2 is 1.94 bits per heavy atom. The molecule has 0 aliphatic heterocycles. The first kappa shape index (κ1) is 10.5. The molecule has 0 aromatic carbocycles. The molecule has 0 aliphatic rings. The van der Waals surface area contributed by atoms with Crippen LogP contribution < -0.4 is 0 Å². The molecule has 2 rings (SSSR count). The molecule has 0 atom stereocenters. The van der Waals surface area contributed by atoms with E-state index in [1.165, 1.54) is 0 Å². The maximum atomic E-state index is 8.97. The molecule has 80 valence electrons. The summed E-state index contributed by atoms with van der Waals surface area (Å²) in [5.74, 6) is 0.933. The van der Waals surface area contributed by atoms with Crippen LogP contribution in [0.2, 0.25) is 0 Å². The van der Waals surface area contributed by atoms with Crippen LogP contribution in [0.5, 0.6) is 0 Å². The lowest BCUT2D eigenvalue weighted by Gasteiger charge is -2.06. The predicted molar refractivity (Wildman–Crippen MR) is 60.9 cm³/mol. The summed E-state index contributed by atoms with van der Waals surface area (Å²) in [6.45, 7) is 5.92. The van der Waals surface area contributed by atoms with Crippen LogP contribution in [0.1, 0.15) is 37.0 Å². The zero-order valence-electron chi connectivity index (χ0n) is 9.52. The molecule has 2 heterocycles. The molecule has 0 saturated carbocycles. The Labute approximate surface area is 94.0 Å². The van der Waals surface area contributed by atoms with Gasteiger partial charge in [-0.1, -0.05) is 13.8 Å². The van der Waals surface area contributed by atoms with Gasteiger partial charge in [0.15, 0.2) is 11.3 Å². The predicted octanol–water partition coefficient (Wildman–Crippen LogP) is 2.33. The van der Waals surface area contributed by atoms with E-state index in [0.717, 1.165) is 11.1 Å². The third-order valence-electron chi connectivity index (χ3n) is 2.39. The average molecular weight is 212 g/mol. The fraction of sp³-hybridized carbons (Fsp3) is 0.333. The summed E-state index contributed by atoms with van der Waals surface area (Å²) < 4.78 is 0. The number of aromatic nitrogens is 3. The number of fused-ring (bicyclic) bond motifs is 1. The molecule has 2 aromatic heterocycles. The first-order valence-corrected chi connectivity index (χ1v) is 5.17. The number of nitriles is 1. The molecule has 0 fully saturated rings. The lowest BCUT2D eigenvalue weighted by molar-refractivity contribution is 0.826. The van der Waals surface area contributed by atoms with Crippen LogP contribution in [-0.4, -0.2) is 15.0 Å². The van der Waals surface area contributed by atoms with E-state index in [1.807, 2.05) is 12.1 Å². The number of hydrogen-bond acceptors (Lipinski definition) is 4. The van der Waals surface area contributed by atoms with Crippen molar-refractivity contribution >= 4 is 11.0 Å². The lowest BCUT2D eigenvalue weighted by Crippen LogP contribution is -1.99. The number of nitrogens with zero attached hydrogens (tertiary/aromatic N) is 4. The van der Waals surface area contributed by atoms with E-state index in [-0.39, 0.29) is 0 Å². The van der Waals surface area contributed by atoms with Crippen LogP contribution in [0.15, 0.2) is 12.1 Å². The van der Waals surface area contributed by atoms with Crippen molar-refractivity contribution in [3.05, 3.63) is 29.3 Å². The first-order chi connectivity index (χ1) is 7.61. The second-order valence-electron chi connectivity index (χ2n) is 3.99. The highest BCUT2D eigenvalue weighted by molar-refractivity contribution is 5.79. The quantitative estimate of drug-likeness (QED) is 0.727. The highest BCUT2D eigenvalue weighted by Crippen LogP contribution is 2.18. The van der Waals surface area contributed by atoms with Crippen LogP contribution >= 0.6 is 0 Å². The van der Waals surface area contributed by atoms with Gasteiger partial charge >= 0.3 is 0 Å². The second kappa shape index (κ2) is 3.86. The van der Waals surface area contributed by atoms with Gasteiger partial charge in [0.05, 0.1) is 5.39 Å². The van der Waals surface area contributed by atoms with Crippen molar-refractivity contribution in [1.82, 2.24) is 15.0 Å². The van der Waals surface area contributed by atoms with Gasteiger partial charge in [0.2, 0.25) is 0 Å². The maximum Gasteiger partial charge on any atom is 0.164 e. The van der Waals surface area contributed by atoms with Gasteiger partial charge in [-0.15, -0.1) is 0 Å². The minimum absolute atomic E-state index is 0.352. The Kier molecular flexibility index (Phi) is 2.53. The molecule has 0 N–H and O–H groups in total. The van der Waals surface area contributed by atoms with Crippen molar-refractivity contribution in [2.24, 2.45) is 0 Å². The smallest absolute Gasteiger partial charge is 0.164 e. The van der Waals surface area contributed by atoms with E-state index in [4.69, 9.17) is 5.26 Å². The summed E-state index contributed by atoms with van der Waals surface area (Å²) in [7, 11) is 0. The first-order valence-electron chi connectivity index (χ1n) is 5.17. The van der Waals surface area contributed by atoms with Crippen LogP contribution in [0.3, 0.4) is 0 Å². The van der Waals surface area contributed by atoms with Crippen molar-refractivity contribution in [1.29, 1.82) is 5.26 Å². The van der Waals surface area contributed by atoms with E-state index in [0.29, 0.717) is 23.1 Å². The van der Waals surface area contributed by atoms with Crippen LogP contribution in [0, 0.1) is 18.3 Å². The van der Waals surface area contributed by atoms with Gasteiger partial charge in [-0.25, -0.2) is 15.0 Å². The highest BCUT2D eigenvalue weighted by atomic mass is 14.9. The Hall–Kier alpha value is -2.02. The molecule has 0 aliphatic carbocycles. The third-order valence-corrected chi connectivity index (χ3v) is 2.39. The maximum absolute atomic E-state index is 8.97. The molecular weight excluding hydrogens is 200 g/mol. The molecule has 2 aromatic rings. The van der Waals surface area contributed by atoms with Gasteiger partial charge in [-0.3, -0.25) is 0 Å². The Bertz CT molecular complexity index is 581. The molecular formula is C12H12N4. The van der Waals surface area contributed by atoms with Crippen molar-refractivity contribution in [3.8, 4) is 6.07 Å². The fourth-order valence-corrected chi connectivity index (χ4v) is 1.54. The Morgan fingerprint density at radius 3 is 2.56 bits per heavy atom. The summed E-state index contributed by atoms with van der Waals surface area (Å²) in [5.41, 5.74) is 1.98. The summed E-state index contributed by atoms with van der Waals surface area (Å²) in [4.78, 5) is 12.8. The zero-order valence-corrected chi connectivity index (χ0v) is 9.52. The summed E-state index contributed by atoms with van der Waals surface area (Å²) in [5, 5.41) is 9.69. The second-order valence-corrected chi connectivity index (χ2v) is 3.99. The molecule has 4 nitrogen and oxygen atoms in total. The minimum Gasteiger partial charge on any atom is -0.233 e. The van der Waals surface area contributed by atoms with Crippen LogP contribution in [0.4, 0.5) is 0 Å². The topological polar surface area (TPSA) is 62.5 Å². The van der Waals surface area contributed by atoms with Crippen molar-refractivity contribution < 1.29 is 0 Å². The monoisotopic (exact) mass is 212 g/mol. The van der Waals surface area contributed by atoms with E-state index < -0.39 is 0 Å². The number of rotatable bonds is 1. The molecule has 0 bridgehead atoms. The fourth-order valence-electron chi connectivity index (χ4n) is 1.54. The van der Waals surface area contributed by atoms with Gasteiger partial charge in [-0.05, 0) is 25.0 Å². The molecule has 16 heavy (non-hydrogen) atoms. The number of aryl methyl sites for hydroxylation is 1. The summed E-state index contributed by atoms with van der Waals surface area (Å²) in [6.07, 6.45) is 0. The zero-order chi connectivity index (χ0) is 11.7. The van der Waals surface area contributed by atoms with E-state index >= 15 is 0 Å². The number of hydrogen-bond donors (Lipinski definition) is 0. The van der Waals surface area contributed by atoms with Gasteiger partial charge in [0, 0.05) is 5.69 Å². The van der Waals surface area contributed by atoms with Crippen LogP contribution in [0.25, 0.3) is 11.0 Å². The Morgan fingerprint density at radius 1 is 1.19 bits per heavy atom. The lowest BCUT2D eigenvalue weighted by atomic mass is 10.1. The molecule has 0 amide bonds. The largest absolute Gasteiger partial charge is 0.233 e. The standard InChI is InChI=1S/C12H12N4/c1-7(2)10-5-4-9-11(6-13)14-8(3)15-12(9)16-10/h4-5,7H,1-3H3. The molecule has 4 heteroatoms. The summed E-state index contributed by atoms with van der Waals surface area (Å²) >= 11 is 0. The molecule has 0 radical (unpaired) electrons. The summed E-state index contributed by atoms with van der Waals surface area (Å²) in [6, 6.07) is 5.86. The molecule has 0 saturated heterocycles. The van der Waals surface area contributed by atoms with Crippen molar-refractivity contribution in [2.45, 2.75) is 26.7 Å². The SMILES string of the molecule is Cc1nc(C#N)c2ccc(C(C)C)nc2n1.